The molecule has 0 unspecified atom stereocenters. The monoisotopic (exact) mass is 452 g/mol. The highest BCUT2D eigenvalue weighted by molar-refractivity contribution is 14.1. The van der Waals surface area contributed by atoms with Gasteiger partial charge in [-0.25, -0.2) is 4.98 Å². The van der Waals surface area contributed by atoms with E-state index in [9.17, 15) is 0 Å². The van der Waals surface area contributed by atoms with Gasteiger partial charge in [-0.05, 0) is 53.2 Å². The molecule has 0 bridgehead atoms. The highest BCUT2D eigenvalue weighted by Crippen LogP contribution is 2.37. The summed E-state index contributed by atoms with van der Waals surface area (Å²) in [4.78, 5) is 6.65. The third-order valence-corrected chi connectivity index (χ3v) is 10.9. The number of hydrogen-bond acceptors (Lipinski definition) is 3. The summed E-state index contributed by atoms with van der Waals surface area (Å²) in [6.07, 6.45) is 3.06. The van der Waals surface area contributed by atoms with Gasteiger partial charge in [0, 0.05) is 25.6 Å². The zero-order chi connectivity index (χ0) is 16.5. The Labute approximate surface area is 154 Å². The number of aromatic nitrogens is 1. The molecule has 1 saturated heterocycles. The van der Waals surface area contributed by atoms with E-state index < -0.39 is 8.32 Å². The van der Waals surface area contributed by atoms with Crippen LogP contribution in [-0.2, 0) is 4.43 Å². The third-order valence-electron chi connectivity index (χ3n) is 4.92. The Morgan fingerprint density at radius 1 is 1.45 bits per heavy atom. The molecule has 1 aromatic rings. The minimum Gasteiger partial charge on any atom is -0.416 e. The summed E-state index contributed by atoms with van der Waals surface area (Å²) >= 11 is 8.24. The number of nitrogens with zero attached hydrogens (tertiary/aromatic N) is 2. The van der Waals surface area contributed by atoms with Crippen LogP contribution in [0.1, 0.15) is 27.2 Å². The molecule has 0 saturated carbocycles. The molecule has 1 fully saturated rings. The summed E-state index contributed by atoms with van der Waals surface area (Å²) < 4.78 is 7.39. The summed E-state index contributed by atoms with van der Waals surface area (Å²) in [5.74, 6) is 0.613. The second-order valence-corrected chi connectivity index (χ2v) is 14.0. The molecule has 2 rings (SSSR count). The fraction of sp³-hybridized carbons (Fsp3) is 0.688. The van der Waals surface area contributed by atoms with E-state index in [4.69, 9.17) is 16.0 Å². The maximum absolute atomic E-state index is 6.38. The first-order chi connectivity index (χ1) is 10.1. The van der Waals surface area contributed by atoms with Crippen molar-refractivity contribution in [2.24, 2.45) is 5.92 Å². The molecule has 1 aromatic heterocycles. The average Bonchev–Trinajstić information content (AvgIpc) is 2.87. The van der Waals surface area contributed by atoms with Crippen LogP contribution in [0.4, 0.5) is 5.69 Å². The summed E-state index contributed by atoms with van der Waals surface area (Å²) in [6, 6.07) is 2.12. The van der Waals surface area contributed by atoms with Crippen molar-refractivity contribution >= 4 is 48.2 Å². The summed E-state index contributed by atoms with van der Waals surface area (Å²) in [6.45, 7) is 14.5. The molecule has 0 aliphatic carbocycles. The molecule has 0 N–H and O–H groups in total. The van der Waals surface area contributed by atoms with E-state index in [0.29, 0.717) is 11.1 Å². The van der Waals surface area contributed by atoms with Crippen LogP contribution in [0.3, 0.4) is 0 Å². The van der Waals surface area contributed by atoms with Crippen LogP contribution in [0.15, 0.2) is 12.3 Å². The standard InChI is InChI=1S/C16H26ClIN2OSi/c1-16(2,3)22(4,5)21-11-12-6-7-20(10-12)13-8-14(18)15(17)19-9-13/h8-9,12H,6-7,10-11H2,1-5H3/t12-/m0/s1. The van der Waals surface area contributed by atoms with Crippen LogP contribution in [0.2, 0.25) is 23.3 Å². The van der Waals surface area contributed by atoms with E-state index in [0.717, 1.165) is 23.3 Å². The number of halogens is 2. The van der Waals surface area contributed by atoms with Crippen molar-refractivity contribution in [3.05, 3.63) is 21.0 Å². The van der Waals surface area contributed by atoms with E-state index in [1.807, 2.05) is 6.20 Å². The largest absolute Gasteiger partial charge is 0.416 e. The molecule has 22 heavy (non-hydrogen) atoms. The lowest BCUT2D eigenvalue weighted by Gasteiger charge is -2.37. The zero-order valence-corrected chi connectivity index (χ0v) is 18.0. The van der Waals surface area contributed by atoms with Gasteiger partial charge in [-0.1, -0.05) is 32.4 Å². The molecule has 1 aliphatic rings. The maximum atomic E-state index is 6.38. The summed E-state index contributed by atoms with van der Waals surface area (Å²) in [5.41, 5.74) is 1.17. The average molecular weight is 453 g/mol. The maximum Gasteiger partial charge on any atom is 0.191 e. The zero-order valence-electron chi connectivity index (χ0n) is 14.1. The van der Waals surface area contributed by atoms with Crippen LogP contribution < -0.4 is 4.90 Å². The van der Waals surface area contributed by atoms with Gasteiger partial charge >= 0.3 is 0 Å². The minimum atomic E-state index is -1.64. The smallest absolute Gasteiger partial charge is 0.191 e. The highest BCUT2D eigenvalue weighted by Gasteiger charge is 2.38. The molecular formula is C16H26ClIN2OSi. The van der Waals surface area contributed by atoms with E-state index in [2.05, 4.69) is 72.4 Å². The normalized spacial score (nSPS) is 19.8. The molecule has 2 heterocycles. The second-order valence-electron chi connectivity index (χ2n) is 7.64. The van der Waals surface area contributed by atoms with Crippen LogP contribution in [0.5, 0.6) is 0 Å². The minimum absolute atomic E-state index is 0.279. The van der Waals surface area contributed by atoms with Crippen molar-refractivity contribution in [1.29, 1.82) is 0 Å². The van der Waals surface area contributed by atoms with Gasteiger partial charge in [0.2, 0.25) is 0 Å². The number of rotatable bonds is 4. The quantitative estimate of drug-likeness (QED) is 0.357. The fourth-order valence-electron chi connectivity index (χ4n) is 2.33. The summed E-state index contributed by atoms with van der Waals surface area (Å²) in [5, 5.41) is 0.864. The topological polar surface area (TPSA) is 25.4 Å². The van der Waals surface area contributed by atoms with E-state index in [-0.39, 0.29) is 5.04 Å². The van der Waals surface area contributed by atoms with Gasteiger partial charge in [0.1, 0.15) is 5.15 Å². The van der Waals surface area contributed by atoms with E-state index >= 15 is 0 Å². The lowest BCUT2D eigenvalue weighted by molar-refractivity contribution is 0.238. The van der Waals surface area contributed by atoms with Gasteiger partial charge < -0.3 is 9.33 Å². The van der Waals surface area contributed by atoms with Gasteiger partial charge in [0.15, 0.2) is 8.32 Å². The Balaban J connectivity index is 1.92. The van der Waals surface area contributed by atoms with Crippen molar-refractivity contribution in [2.75, 3.05) is 24.6 Å². The molecule has 1 aliphatic heterocycles. The van der Waals surface area contributed by atoms with Crippen molar-refractivity contribution < 1.29 is 4.43 Å². The Morgan fingerprint density at radius 3 is 2.73 bits per heavy atom. The van der Waals surface area contributed by atoms with Gasteiger partial charge in [-0.15, -0.1) is 0 Å². The van der Waals surface area contributed by atoms with Gasteiger partial charge in [0.25, 0.3) is 0 Å². The van der Waals surface area contributed by atoms with Crippen molar-refractivity contribution in [3.63, 3.8) is 0 Å². The number of hydrogen-bond donors (Lipinski definition) is 0. The second kappa shape index (κ2) is 6.95. The molecule has 3 nitrogen and oxygen atoms in total. The molecule has 0 spiro atoms. The van der Waals surface area contributed by atoms with Crippen LogP contribution >= 0.6 is 34.2 Å². The lowest BCUT2D eigenvalue weighted by atomic mass is 10.1. The van der Waals surface area contributed by atoms with Crippen LogP contribution in [0, 0.1) is 9.49 Å². The Hall–Kier alpha value is 0.147. The number of pyridine rings is 1. The Morgan fingerprint density at radius 2 is 2.14 bits per heavy atom. The fourth-order valence-corrected chi connectivity index (χ4v) is 3.98. The SMILES string of the molecule is CC(C)(C)[Si](C)(C)OC[C@H]1CCN(c2cnc(Cl)c(I)c2)C1. The number of anilines is 1. The van der Waals surface area contributed by atoms with Crippen molar-refractivity contribution in [3.8, 4) is 0 Å². The Bertz CT molecular complexity index is 533. The van der Waals surface area contributed by atoms with E-state index in [1.54, 1.807) is 0 Å². The molecule has 124 valence electrons. The predicted molar refractivity (Wildman–Crippen MR) is 105 cm³/mol. The van der Waals surface area contributed by atoms with Crippen molar-refractivity contribution in [2.45, 2.75) is 45.3 Å². The Kier molecular flexibility index (Phi) is 5.84. The first-order valence-corrected chi connectivity index (χ1v) is 12.2. The molecule has 0 amide bonds. The van der Waals surface area contributed by atoms with Crippen LogP contribution in [0.25, 0.3) is 0 Å². The third kappa shape index (κ3) is 4.36. The molecular weight excluding hydrogens is 427 g/mol. The lowest BCUT2D eigenvalue weighted by Crippen LogP contribution is -2.42. The first kappa shape index (κ1) is 18.5. The van der Waals surface area contributed by atoms with Gasteiger partial charge in [0.05, 0.1) is 15.5 Å². The molecule has 6 heteroatoms. The molecule has 1 atom stereocenters. The molecule has 0 radical (unpaired) electrons. The first-order valence-electron chi connectivity index (χ1n) is 7.80. The molecule has 0 aromatic carbocycles. The highest BCUT2D eigenvalue weighted by atomic mass is 127. The van der Waals surface area contributed by atoms with E-state index in [1.165, 1.54) is 12.1 Å². The van der Waals surface area contributed by atoms with Gasteiger partial charge in [-0.3, -0.25) is 0 Å². The van der Waals surface area contributed by atoms with Gasteiger partial charge in [-0.2, -0.15) is 0 Å². The van der Waals surface area contributed by atoms with Crippen molar-refractivity contribution in [1.82, 2.24) is 4.98 Å². The predicted octanol–water partition coefficient (Wildman–Crippen LogP) is 5.19. The summed E-state index contributed by atoms with van der Waals surface area (Å²) in [7, 11) is -1.64. The van der Waals surface area contributed by atoms with Crippen LogP contribution in [-0.4, -0.2) is 33.0 Å².